The molecule has 0 radical (unpaired) electrons. The van der Waals surface area contributed by atoms with Crippen LogP contribution in [0, 0.1) is 17.8 Å². The van der Waals surface area contributed by atoms with Gasteiger partial charge in [0.15, 0.2) is 0 Å². The van der Waals surface area contributed by atoms with Crippen molar-refractivity contribution in [2.45, 2.75) is 51.5 Å². The maximum atomic E-state index is 5.67. The molecule has 2 aliphatic rings. The Bertz CT molecular complexity index is 157. The molecule has 2 nitrogen and oxygen atoms in total. The molecule has 0 aromatic heterocycles. The summed E-state index contributed by atoms with van der Waals surface area (Å²) in [7, 11) is 0. The van der Waals surface area contributed by atoms with Gasteiger partial charge < -0.3 is 0 Å². The minimum Gasteiger partial charge on any atom is -0.271 e. The van der Waals surface area contributed by atoms with Crippen LogP contribution in [0.5, 0.6) is 0 Å². The fraction of sp³-hybridized carbons (Fsp3) is 1.00. The molecule has 3 N–H and O–H groups in total. The third kappa shape index (κ3) is 2.05. The maximum Gasteiger partial charge on any atom is 0.0267 e. The molecule has 0 aromatic carbocycles. The largest absolute Gasteiger partial charge is 0.271 e. The topological polar surface area (TPSA) is 38.0 Å². The molecule has 2 unspecified atom stereocenters. The van der Waals surface area contributed by atoms with E-state index < -0.39 is 0 Å². The number of nitrogens with two attached hydrogens (primary N) is 1. The van der Waals surface area contributed by atoms with Crippen LogP contribution in [-0.2, 0) is 0 Å². The molecule has 2 aliphatic carbocycles. The lowest BCUT2D eigenvalue weighted by molar-refractivity contribution is 0.253. The highest BCUT2D eigenvalue weighted by atomic mass is 15.2. The summed E-state index contributed by atoms with van der Waals surface area (Å²) >= 11 is 0. The van der Waals surface area contributed by atoms with Crippen LogP contribution in [0.15, 0.2) is 0 Å². The fourth-order valence-electron chi connectivity index (χ4n) is 2.95. The minimum absolute atomic E-state index is 0.593. The SMILES string of the molecule is CC(C1CC1)C(NN)C1CCCC1. The first-order valence-corrected chi connectivity index (χ1v) is 5.79. The van der Waals surface area contributed by atoms with Gasteiger partial charge in [0.2, 0.25) is 0 Å². The smallest absolute Gasteiger partial charge is 0.0267 e. The van der Waals surface area contributed by atoms with Crippen LogP contribution in [-0.4, -0.2) is 6.04 Å². The van der Waals surface area contributed by atoms with E-state index >= 15 is 0 Å². The molecule has 0 aromatic rings. The van der Waals surface area contributed by atoms with Crippen molar-refractivity contribution < 1.29 is 0 Å². The van der Waals surface area contributed by atoms with Gasteiger partial charge in [0, 0.05) is 6.04 Å². The highest BCUT2D eigenvalue weighted by Gasteiger charge is 2.37. The van der Waals surface area contributed by atoms with Crippen LogP contribution in [0.25, 0.3) is 0 Å². The zero-order valence-electron chi connectivity index (χ0n) is 8.63. The quantitative estimate of drug-likeness (QED) is 0.516. The summed E-state index contributed by atoms with van der Waals surface area (Å²) < 4.78 is 0. The highest BCUT2D eigenvalue weighted by molar-refractivity contribution is 4.90. The van der Waals surface area contributed by atoms with E-state index in [0.29, 0.717) is 6.04 Å². The fourth-order valence-corrected chi connectivity index (χ4v) is 2.95. The Balaban J connectivity index is 1.90. The number of hydrazine groups is 1. The monoisotopic (exact) mass is 182 g/mol. The lowest BCUT2D eigenvalue weighted by Crippen LogP contribution is -2.45. The Kier molecular flexibility index (Phi) is 2.89. The second kappa shape index (κ2) is 3.97. The average molecular weight is 182 g/mol. The summed E-state index contributed by atoms with van der Waals surface area (Å²) in [6.07, 6.45) is 8.50. The summed E-state index contributed by atoms with van der Waals surface area (Å²) in [4.78, 5) is 0. The Labute approximate surface area is 81.2 Å². The molecule has 2 heteroatoms. The molecule has 0 amide bonds. The first-order chi connectivity index (χ1) is 6.33. The Morgan fingerprint density at radius 1 is 1.08 bits per heavy atom. The molecule has 2 fully saturated rings. The van der Waals surface area contributed by atoms with Crippen LogP contribution in [0.2, 0.25) is 0 Å². The van der Waals surface area contributed by atoms with Crippen molar-refractivity contribution >= 4 is 0 Å². The van der Waals surface area contributed by atoms with Crippen molar-refractivity contribution in [2.75, 3.05) is 0 Å². The second-order valence-corrected chi connectivity index (χ2v) is 4.93. The summed E-state index contributed by atoms with van der Waals surface area (Å²) in [6.45, 7) is 2.38. The van der Waals surface area contributed by atoms with Crippen molar-refractivity contribution in [1.29, 1.82) is 0 Å². The summed E-state index contributed by atoms with van der Waals surface area (Å²) in [5.74, 6) is 8.30. The van der Waals surface area contributed by atoms with Crippen molar-refractivity contribution in [1.82, 2.24) is 5.43 Å². The number of hydrogen-bond donors (Lipinski definition) is 2. The predicted molar refractivity (Wildman–Crippen MR) is 55.0 cm³/mol. The zero-order chi connectivity index (χ0) is 9.26. The van der Waals surface area contributed by atoms with Gasteiger partial charge in [-0.3, -0.25) is 11.3 Å². The molecular weight excluding hydrogens is 160 g/mol. The number of hydrogen-bond acceptors (Lipinski definition) is 2. The maximum absolute atomic E-state index is 5.67. The van der Waals surface area contributed by atoms with Crippen molar-refractivity contribution in [2.24, 2.45) is 23.6 Å². The zero-order valence-corrected chi connectivity index (χ0v) is 8.63. The lowest BCUT2D eigenvalue weighted by atomic mass is 9.86. The van der Waals surface area contributed by atoms with Crippen LogP contribution >= 0.6 is 0 Å². The molecular formula is C11H22N2. The van der Waals surface area contributed by atoms with Gasteiger partial charge in [-0.2, -0.15) is 0 Å². The Morgan fingerprint density at radius 3 is 2.15 bits per heavy atom. The predicted octanol–water partition coefficient (Wildman–Crippen LogP) is 2.05. The normalized spacial score (nSPS) is 29.1. The van der Waals surface area contributed by atoms with E-state index in [2.05, 4.69) is 12.3 Å². The van der Waals surface area contributed by atoms with E-state index in [1.807, 2.05) is 0 Å². The van der Waals surface area contributed by atoms with Gasteiger partial charge in [-0.25, -0.2) is 0 Å². The first-order valence-electron chi connectivity index (χ1n) is 5.79. The van der Waals surface area contributed by atoms with Gasteiger partial charge in [-0.05, 0) is 43.4 Å². The number of rotatable bonds is 4. The van der Waals surface area contributed by atoms with Crippen molar-refractivity contribution in [3.05, 3.63) is 0 Å². The van der Waals surface area contributed by atoms with E-state index in [1.165, 1.54) is 38.5 Å². The molecule has 13 heavy (non-hydrogen) atoms. The van der Waals surface area contributed by atoms with Crippen LogP contribution in [0.1, 0.15) is 45.4 Å². The van der Waals surface area contributed by atoms with Crippen LogP contribution in [0.3, 0.4) is 0 Å². The molecule has 2 rings (SSSR count). The van der Waals surface area contributed by atoms with E-state index in [4.69, 9.17) is 5.84 Å². The standard InChI is InChI=1S/C11H22N2/c1-8(9-6-7-9)11(13-12)10-4-2-3-5-10/h8-11,13H,2-7,12H2,1H3. The van der Waals surface area contributed by atoms with Crippen molar-refractivity contribution in [3.8, 4) is 0 Å². The highest BCUT2D eigenvalue weighted by Crippen LogP contribution is 2.42. The minimum atomic E-state index is 0.593. The molecule has 0 saturated heterocycles. The van der Waals surface area contributed by atoms with Gasteiger partial charge in [0.25, 0.3) is 0 Å². The molecule has 2 saturated carbocycles. The second-order valence-electron chi connectivity index (χ2n) is 4.93. The average Bonchev–Trinajstić information content (AvgIpc) is 2.86. The van der Waals surface area contributed by atoms with Gasteiger partial charge in [0.05, 0.1) is 0 Å². The van der Waals surface area contributed by atoms with E-state index in [-0.39, 0.29) is 0 Å². The Morgan fingerprint density at radius 2 is 1.69 bits per heavy atom. The third-order valence-electron chi connectivity index (χ3n) is 4.03. The van der Waals surface area contributed by atoms with E-state index in [9.17, 15) is 0 Å². The van der Waals surface area contributed by atoms with Crippen LogP contribution in [0.4, 0.5) is 0 Å². The van der Waals surface area contributed by atoms with Gasteiger partial charge in [-0.1, -0.05) is 19.8 Å². The molecule has 2 atom stereocenters. The van der Waals surface area contributed by atoms with Gasteiger partial charge in [-0.15, -0.1) is 0 Å². The number of nitrogens with one attached hydrogen (secondary N) is 1. The lowest BCUT2D eigenvalue weighted by Gasteiger charge is -2.28. The van der Waals surface area contributed by atoms with Crippen LogP contribution < -0.4 is 11.3 Å². The molecule has 0 heterocycles. The molecule has 76 valence electrons. The third-order valence-corrected chi connectivity index (χ3v) is 4.03. The van der Waals surface area contributed by atoms with Gasteiger partial charge in [0.1, 0.15) is 0 Å². The first kappa shape index (κ1) is 9.47. The van der Waals surface area contributed by atoms with Crippen molar-refractivity contribution in [3.63, 3.8) is 0 Å². The summed E-state index contributed by atoms with van der Waals surface area (Å²) in [5.41, 5.74) is 3.07. The molecule has 0 aliphatic heterocycles. The van der Waals surface area contributed by atoms with E-state index in [1.54, 1.807) is 0 Å². The Hall–Kier alpha value is -0.0800. The molecule has 0 bridgehead atoms. The summed E-state index contributed by atoms with van der Waals surface area (Å²) in [6, 6.07) is 0.593. The summed E-state index contributed by atoms with van der Waals surface area (Å²) in [5, 5.41) is 0. The van der Waals surface area contributed by atoms with E-state index in [0.717, 1.165) is 17.8 Å². The molecule has 0 spiro atoms. The van der Waals surface area contributed by atoms with Gasteiger partial charge >= 0.3 is 0 Å².